The van der Waals surface area contributed by atoms with Gasteiger partial charge in [0.15, 0.2) is 0 Å². The Morgan fingerprint density at radius 3 is 2.38 bits per heavy atom. The van der Waals surface area contributed by atoms with Gasteiger partial charge in [0.25, 0.3) is 0 Å². The fraction of sp³-hybridized carbons (Fsp3) is 0.471. The Morgan fingerprint density at radius 1 is 1.12 bits per heavy atom. The highest BCUT2D eigenvalue weighted by Crippen LogP contribution is 2.02. The third kappa shape index (κ3) is 6.68. The van der Waals surface area contributed by atoms with Gasteiger partial charge in [-0.25, -0.2) is 9.59 Å². The van der Waals surface area contributed by atoms with Crippen LogP contribution in [0.1, 0.15) is 32.3 Å². The van der Waals surface area contributed by atoms with E-state index in [0.717, 1.165) is 5.56 Å². The minimum absolute atomic E-state index is 0.113. The number of carbonyl (C=O) groups is 3. The van der Waals surface area contributed by atoms with Gasteiger partial charge in [-0.1, -0.05) is 43.7 Å². The van der Waals surface area contributed by atoms with Crippen LogP contribution in [0.4, 0.5) is 4.79 Å². The van der Waals surface area contributed by atoms with E-state index in [1.165, 1.54) is 14.0 Å². The number of rotatable bonds is 8. The largest absolute Gasteiger partial charge is 0.467 e. The zero-order valence-electron chi connectivity index (χ0n) is 14.2. The minimum Gasteiger partial charge on any atom is -0.467 e. The molecule has 0 saturated heterocycles. The fourth-order valence-electron chi connectivity index (χ4n) is 1.98. The number of esters is 1. The molecule has 1 rings (SSSR count). The third-order valence-corrected chi connectivity index (χ3v) is 3.32. The molecule has 0 spiro atoms. The first-order chi connectivity index (χ1) is 11.5. The van der Waals surface area contributed by atoms with Crippen molar-refractivity contribution in [2.75, 3.05) is 7.11 Å². The molecule has 7 heteroatoms. The number of methoxy groups -OCH3 is 1. The molecule has 132 valence electrons. The van der Waals surface area contributed by atoms with E-state index in [-0.39, 0.29) is 6.61 Å². The van der Waals surface area contributed by atoms with E-state index in [1.54, 1.807) is 0 Å². The quantitative estimate of drug-likeness (QED) is 0.706. The number of alkyl carbamates (subject to hydrolysis) is 1. The molecule has 1 aromatic carbocycles. The number of carbonyl (C=O) groups excluding carboxylic acids is 3. The number of nitrogens with one attached hydrogen (secondary N) is 2. The van der Waals surface area contributed by atoms with Gasteiger partial charge in [0.2, 0.25) is 5.91 Å². The summed E-state index contributed by atoms with van der Waals surface area (Å²) in [6, 6.07) is 7.64. The standard InChI is InChI=1S/C17H24N2O5/c1-4-8-14(16(21)23-3)19-15(20)12(2)18-17(22)24-11-13-9-6-5-7-10-13/h5-7,9-10,12,14H,4,8,11H2,1-3H3,(H,18,22)(H,19,20)/t12-,14+/m0/s1. The average molecular weight is 336 g/mol. The fourth-order valence-corrected chi connectivity index (χ4v) is 1.98. The SMILES string of the molecule is CCC[C@@H](NC(=O)[C@H](C)NC(=O)OCc1ccccc1)C(=O)OC. The average Bonchev–Trinajstić information content (AvgIpc) is 2.59. The third-order valence-electron chi connectivity index (χ3n) is 3.32. The lowest BCUT2D eigenvalue weighted by Crippen LogP contribution is -2.50. The molecule has 0 aromatic heterocycles. The summed E-state index contributed by atoms with van der Waals surface area (Å²) in [4.78, 5) is 35.4. The molecule has 24 heavy (non-hydrogen) atoms. The molecule has 0 bridgehead atoms. The Morgan fingerprint density at radius 2 is 1.79 bits per heavy atom. The van der Waals surface area contributed by atoms with Crippen molar-refractivity contribution in [3.63, 3.8) is 0 Å². The van der Waals surface area contributed by atoms with E-state index in [4.69, 9.17) is 4.74 Å². The van der Waals surface area contributed by atoms with E-state index >= 15 is 0 Å². The maximum atomic E-state index is 12.1. The van der Waals surface area contributed by atoms with Gasteiger partial charge in [-0.05, 0) is 18.9 Å². The van der Waals surface area contributed by atoms with Crippen LogP contribution in [0.5, 0.6) is 0 Å². The van der Waals surface area contributed by atoms with Crippen molar-refractivity contribution in [2.24, 2.45) is 0 Å². The molecule has 2 N–H and O–H groups in total. The van der Waals surface area contributed by atoms with Gasteiger partial charge in [-0.2, -0.15) is 0 Å². The van der Waals surface area contributed by atoms with Crippen LogP contribution in [0, 0.1) is 0 Å². The summed E-state index contributed by atoms with van der Waals surface area (Å²) in [6.45, 7) is 3.52. The van der Waals surface area contributed by atoms with Crippen molar-refractivity contribution >= 4 is 18.0 Å². The van der Waals surface area contributed by atoms with Crippen molar-refractivity contribution in [2.45, 2.75) is 45.4 Å². The van der Waals surface area contributed by atoms with Gasteiger partial charge in [-0.15, -0.1) is 0 Å². The highest BCUT2D eigenvalue weighted by Gasteiger charge is 2.24. The Kier molecular flexibility index (Phi) is 8.32. The molecule has 0 aliphatic heterocycles. The molecular formula is C17H24N2O5. The second-order valence-corrected chi connectivity index (χ2v) is 5.30. The zero-order valence-corrected chi connectivity index (χ0v) is 14.2. The Bertz CT molecular complexity index is 547. The Hall–Kier alpha value is -2.57. The highest BCUT2D eigenvalue weighted by atomic mass is 16.5. The van der Waals surface area contributed by atoms with E-state index in [0.29, 0.717) is 12.8 Å². The monoisotopic (exact) mass is 336 g/mol. The van der Waals surface area contributed by atoms with Crippen LogP contribution in [-0.2, 0) is 25.7 Å². The van der Waals surface area contributed by atoms with Gasteiger partial charge >= 0.3 is 12.1 Å². The summed E-state index contributed by atoms with van der Waals surface area (Å²) >= 11 is 0. The predicted molar refractivity (Wildman–Crippen MR) is 88.1 cm³/mol. The van der Waals surface area contributed by atoms with Gasteiger partial charge in [-0.3, -0.25) is 4.79 Å². The molecule has 0 aliphatic carbocycles. The van der Waals surface area contributed by atoms with Gasteiger partial charge in [0, 0.05) is 0 Å². The summed E-state index contributed by atoms with van der Waals surface area (Å²) in [7, 11) is 1.26. The normalized spacial score (nSPS) is 12.6. The summed E-state index contributed by atoms with van der Waals surface area (Å²) in [5.74, 6) is -0.987. The van der Waals surface area contributed by atoms with Crippen molar-refractivity contribution in [1.82, 2.24) is 10.6 Å². The molecule has 0 heterocycles. The van der Waals surface area contributed by atoms with Crippen LogP contribution in [0.2, 0.25) is 0 Å². The molecule has 2 amide bonds. The van der Waals surface area contributed by atoms with Gasteiger partial charge < -0.3 is 20.1 Å². The van der Waals surface area contributed by atoms with Crippen molar-refractivity contribution in [3.05, 3.63) is 35.9 Å². The summed E-state index contributed by atoms with van der Waals surface area (Å²) in [6.07, 6.45) is 0.469. The Balaban J connectivity index is 2.44. The molecule has 1 aromatic rings. The zero-order chi connectivity index (χ0) is 17.9. The van der Waals surface area contributed by atoms with Gasteiger partial charge in [0.1, 0.15) is 18.7 Å². The smallest absolute Gasteiger partial charge is 0.408 e. The summed E-state index contributed by atoms with van der Waals surface area (Å²) < 4.78 is 9.70. The minimum atomic E-state index is -0.836. The summed E-state index contributed by atoms with van der Waals surface area (Å²) in [5, 5.41) is 4.99. The molecular weight excluding hydrogens is 312 g/mol. The number of ether oxygens (including phenoxy) is 2. The molecule has 0 aliphatic rings. The maximum Gasteiger partial charge on any atom is 0.408 e. The van der Waals surface area contributed by atoms with Crippen LogP contribution < -0.4 is 10.6 Å². The van der Waals surface area contributed by atoms with Crippen LogP contribution >= 0.6 is 0 Å². The topological polar surface area (TPSA) is 93.7 Å². The van der Waals surface area contributed by atoms with Crippen LogP contribution in [0.15, 0.2) is 30.3 Å². The lowest BCUT2D eigenvalue weighted by atomic mass is 10.1. The first-order valence-electron chi connectivity index (χ1n) is 7.83. The molecule has 0 saturated carbocycles. The Labute approximate surface area is 141 Å². The second-order valence-electron chi connectivity index (χ2n) is 5.30. The maximum absolute atomic E-state index is 12.1. The van der Waals surface area contributed by atoms with Gasteiger partial charge in [0.05, 0.1) is 7.11 Å². The van der Waals surface area contributed by atoms with E-state index < -0.39 is 30.1 Å². The first kappa shape index (κ1) is 19.5. The van der Waals surface area contributed by atoms with E-state index in [2.05, 4.69) is 15.4 Å². The second kappa shape index (κ2) is 10.3. The molecule has 2 atom stereocenters. The number of amides is 2. The van der Waals surface area contributed by atoms with Crippen molar-refractivity contribution in [3.8, 4) is 0 Å². The van der Waals surface area contributed by atoms with Crippen molar-refractivity contribution in [1.29, 1.82) is 0 Å². The van der Waals surface area contributed by atoms with E-state index in [9.17, 15) is 14.4 Å². The molecule has 0 fully saturated rings. The van der Waals surface area contributed by atoms with Crippen LogP contribution in [0.3, 0.4) is 0 Å². The van der Waals surface area contributed by atoms with Crippen LogP contribution in [0.25, 0.3) is 0 Å². The number of benzene rings is 1. The lowest BCUT2D eigenvalue weighted by molar-refractivity contribution is -0.145. The van der Waals surface area contributed by atoms with E-state index in [1.807, 2.05) is 37.3 Å². The molecule has 7 nitrogen and oxygen atoms in total. The number of hydrogen-bond acceptors (Lipinski definition) is 5. The first-order valence-corrected chi connectivity index (χ1v) is 7.83. The number of hydrogen-bond donors (Lipinski definition) is 2. The lowest BCUT2D eigenvalue weighted by Gasteiger charge is -2.19. The van der Waals surface area contributed by atoms with Crippen LogP contribution in [-0.4, -0.2) is 37.2 Å². The molecule has 0 unspecified atom stereocenters. The molecule has 0 radical (unpaired) electrons. The van der Waals surface area contributed by atoms with Crippen molar-refractivity contribution < 1.29 is 23.9 Å². The highest BCUT2D eigenvalue weighted by molar-refractivity contribution is 5.89. The summed E-state index contributed by atoms with van der Waals surface area (Å²) in [5.41, 5.74) is 0.846. The predicted octanol–water partition coefficient (Wildman–Crippen LogP) is 1.76.